The Morgan fingerprint density at radius 2 is 2.46 bits per heavy atom. The smallest absolute Gasteiger partial charge is 0.231 e. The normalized spacial score (nSPS) is 22.2. The fraction of sp³-hybridized carbons (Fsp3) is 0.444. The van der Waals surface area contributed by atoms with Gasteiger partial charge in [0, 0.05) is 12.2 Å². The van der Waals surface area contributed by atoms with E-state index in [1.54, 1.807) is 12.3 Å². The maximum Gasteiger partial charge on any atom is 0.231 e. The molecule has 0 unspecified atom stereocenters. The van der Waals surface area contributed by atoms with Crippen molar-refractivity contribution in [3.63, 3.8) is 0 Å². The lowest BCUT2D eigenvalue weighted by molar-refractivity contribution is 0.575. The van der Waals surface area contributed by atoms with Gasteiger partial charge in [-0.1, -0.05) is 11.6 Å². The minimum Gasteiger partial charge on any atom is -0.310 e. The van der Waals surface area contributed by atoms with Gasteiger partial charge in [-0.15, -0.1) is 0 Å². The topological polar surface area (TPSA) is 24.9 Å². The van der Waals surface area contributed by atoms with Crippen molar-refractivity contribution >= 4 is 11.6 Å². The number of halogens is 2. The molecule has 0 amide bonds. The number of rotatable bonds is 1. The van der Waals surface area contributed by atoms with E-state index in [0.29, 0.717) is 6.04 Å². The molecule has 2 nitrogen and oxygen atoms in total. The van der Waals surface area contributed by atoms with E-state index in [0.717, 1.165) is 24.9 Å². The zero-order chi connectivity index (χ0) is 9.26. The molecule has 0 aromatic carbocycles. The van der Waals surface area contributed by atoms with E-state index in [-0.39, 0.29) is 5.02 Å². The molecular formula is C9H10ClFN2. The van der Waals surface area contributed by atoms with Crippen molar-refractivity contribution in [1.82, 2.24) is 10.3 Å². The zero-order valence-electron chi connectivity index (χ0n) is 7.06. The van der Waals surface area contributed by atoms with Crippen LogP contribution in [0.25, 0.3) is 0 Å². The van der Waals surface area contributed by atoms with Crippen LogP contribution in [0.15, 0.2) is 12.3 Å². The molecule has 0 aliphatic carbocycles. The molecule has 13 heavy (non-hydrogen) atoms. The van der Waals surface area contributed by atoms with Gasteiger partial charge in [0.1, 0.15) is 0 Å². The van der Waals surface area contributed by atoms with E-state index in [4.69, 9.17) is 11.6 Å². The van der Waals surface area contributed by atoms with E-state index in [2.05, 4.69) is 10.3 Å². The molecule has 0 radical (unpaired) electrons. The highest BCUT2D eigenvalue weighted by Gasteiger charge is 2.17. The lowest BCUT2D eigenvalue weighted by atomic mass is 10.1. The molecule has 1 aromatic heterocycles. The fourth-order valence-electron chi connectivity index (χ4n) is 1.60. The van der Waals surface area contributed by atoms with Gasteiger partial charge in [0.25, 0.3) is 0 Å². The van der Waals surface area contributed by atoms with Crippen molar-refractivity contribution in [2.24, 2.45) is 0 Å². The summed E-state index contributed by atoms with van der Waals surface area (Å²) < 4.78 is 12.7. The lowest BCUT2D eigenvalue weighted by Crippen LogP contribution is -2.13. The molecule has 0 spiro atoms. The maximum absolute atomic E-state index is 12.7. The molecule has 1 atom stereocenters. The highest BCUT2D eigenvalue weighted by Crippen LogP contribution is 2.25. The molecule has 1 fully saturated rings. The van der Waals surface area contributed by atoms with Crippen molar-refractivity contribution in [1.29, 1.82) is 0 Å². The van der Waals surface area contributed by atoms with E-state index < -0.39 is 5.95 Å². The molecule has 1 aliphatic rings. The Kier molecular flexibility index (Phi) is 2.47. The van der Waals surface area contributed by atoms with Crippen LogP contribution in [0.5, 0.6) is 0 Å². The third-order valence-corrected chi connectivity index (χ3v) is 2.55. The summed E-state index contributed by atoms with van der Waals surface area (Å²) in [6.07, 6.45) is 3.77. The third-order valence-electron chi connectivity index (χ3n) is 2.28. The van der Waals surface area contributed by atoms with Crippen molar-refractivity contribution in [3.05, 3.63) is 28.8 Å². The van der Waals surface area contributed by atoms with Gasteiger partial charge in [0.05, 0.1) is 5.02 Å². The number of pyridine rings is 1. The first-order valence-electron chi connectivity index (χ1n) is 4.31. The molecule has 0 bridgehead atoms. The average molecular weight is 201 g/mol. The third kappa shape index (κ3) is 1.81. The van der Waals surface area contributed by atoms with Gasteiger partial charge in [-0.2, -0.15) is 4.39 Å². The molecule has 1 aromatic rings. The van der Waals surface area contributed by atoms with Crippen LogP contribution in [0, 0.1) is 5.95 Å². The van der Waals surface area contributed by atoms with Crippen molar-refractivity contribution in [2.45, 2.75) is 18.9 Å². The molecule has 2 rings (SSSR count). The van der Waals surface area contributed by atoms with Crippen LogP contribution in [0.3, 0.4) is 0 Å². The lowest BCUT2D eigenvalue weighted by Gasteiger charge is -2.09. The minimum atomic E-state index is -0.594. The van der Waals surface area contributed by atoms with E-state index >= 15 is 0 Å². The number of aromatic nitrogens is 1. The van der Waals surface area contributed by atoms with Crippen LogP contribution in [0.2, 0.25) is 5.02 Å². The highest BCUT2D eigenvalue weighted by atomic mass is 35.5. The van der Waals surface area contributed by atoms with Crippen molar-refractivity contribution in [3.8, 4) is 0 Å². The van der Waals surface area contributed by atoms with Gasteiger partial charge in [0.15, 0.2) is 0 Å². The number of hydrogen-bond acceptors (Lipinski definition) is 2. The molecule has 1 saturated heterocycles. The minimum absolute atomic E-state index is 0.103. The van der Waals surface area contributed by atoms with Gasteiger partial charge < -0.3 is 5.32 Å². The Bertz CT molecular complexity index is 310. The van der Waals surface area contributed by atoms with Crippen LogP contribution in [0.4, 0.5) is 4.39 Å². The molecule has 2 heterocycles. The summed E-state index contributed by atoms with van der Waals surface area (Å²) in [7, 11) is 0. The Hall–Kier alpha value is -0.670. The quantitative estimate of drug-likeness (QED) is 0.704. The standard InChI is InChI=1S/C9H10ClFN2/c10-7-4-6(5-13-9(7)11)8-2-1-3-12-8/h4-5,8,12H,1-3H2/t8-/m0/s1. The Morgan fingerprint density at radius 3 is 3.08 bits per heavy atom. The van der Waals surface area contributed by atoms with Crippen molar-refractivity contribution < 1.29 is 4.39 Å². The number of nitrogens with zero attached hydrogens (tertiary/aromatic N) is 1. The second-order valence-corrected chi connectivity index (χ2v) is 3.60. The summed E-state index contributed by atoms with van der Waals surface area (Å²) in [5, 5.41) is 3.40. The molecular weight excluding hydrogens is 191 g/mol. The van der Waals surface area contributed by atoms with Crippen LogP contribution in [-0.2, 0) is 0 Å². The van der Waals surface area contributed by atoms with Crippen LogP contribution in [-0.4, -0.2) is 11.5 Å². The summed E-state index contributed by atoms with van der Waals surface area (Å²) in [4.78, 5) is 3.58. The van der Waals surface area contributed by atoms with Crippen molar-refractivity contribution in [2.75, 3.05) is 6.54 Å². The Balaban J connectivity index is 2.25. The Labute approximate surface area is 81.1 Å². The maximum atomic E-state index is 12.7. The Morgan fingerprint density at radius 1 is 1.62 bits per heavy atom. The SMILES string of the molecule is Fc1ncc([C@@H]2CCCN2)cc1Cl. The second kappa shape index (κ2) is 3.60. The second-order valence-electron chi connectivity index (χ2n) is 3.19. The van der Waals surface area contributed by atoms with E-state index in [9.17, 15) is 4.39 Å². The van der Waals surface area contributed by atoms with Gasteiger partial charge in [0.2, 0.25) is 5.95 Å². The number of nitrogens with one attached hydrogen (secondary N) is 1. The predicted molar refractivity (Wildman–Crippen MR) is 49.2 cm³/mol. The van der Waals surface area contributed by atoms with Crippen LogP contribution >= 0.6 is 11.6 Å². The highest BCUT2D eigenvalue weighted by molar-refractivity contribution is 6.30. The first-order chi connectivity index (χ1) is 6.27. The van der Waals surface area contributed by atoms with E-state index in [1.165, 1.54) is 0 Å². The molecule has 70 valence electrons. The average Bonchev–Trinajstić information content (AvgIpc) is 2.62. The fourth-order valence-corrected chi connectivity index (χ4v) is 1.77. The first kappa shape index (κ1) is 8.91. The molecule has 1 N–H and O–H groups in total. The summed E-state index contributed by atoms with van der Waals surface area (Å²) in [5.41, 5.74) is 0.976. The zero-order valence-corrected chi connectivity index (χ0v) is 7.81. The molecule has 4 heteroatoms. The summed E-state index contributed by atoms with van der Waals surface area (Å²) in [6.45, 7) is 1.01. The van der Waals surface area contributed by atoms with Gasteiger partial charge >= 0.3 is 0 Å². The monoisotopic (exact) mass is 200 g/mol. The van der Waals surface area contributed by atoms with Gasteiger partial charge in [-0.05, 0) is 31.0 Å². The molecule has 0 saturated carbocycles. The largest absolute Gasteiger partial charge is 0.310 e. The summed E-state index contributed by atoms with van der Waals surface area (Å²) in [5.74, 6) is -0.594. The van der Waals surface area contributed by atoms with Gasteiger partial charge in [-0.25, -0.2) is 4.98 Å². The molecule has 1 aliphatic heterocycles. The summed E-state index contributed by atoms with van der Waals surface area (Å²) >= 11 is 5.63. The number of hydrogen-bond donors (Lipinski definition) is 1. The predicted octanol–water partition coefficient (Wildman–Crippen LogP) is 2.30. The summed E-state index contributed by atoms with van der Waals surface area (Å²) in [6, 6.07) is 1.94. The van der Waals surface area contributed by atoms with Gasteiger partial charge in [-0.3, -0.25) is 0 Å². The van der Waals surface area contributed by atoms with Crippen LogP contribution in [0.1, 0.15) is 24.4 Å². The van der Waals surface area contributed by atoms with E-state index in [1.807, 2.05) is 0 Å². The first-order valence-corrected chi connectivity index (χ1v) is 4.69. The van der Waals surface area contributed by atoms with Crippen LogP contribution < -0.4 is 5.32 Å².